The lowest BCUT2D eigenvalue weighted by Crippen LogP contribution is -2.60. The van der Waals surface area contributed by atoms with Gasteiger partial charge in [0, 0.05) is 5.41 Å². The van der Waals surface area contributed by atoms with Crippen LogP contribution >= 0.6 is 11.6 Å². The molecule has 7 nitrogen and oxygen atoms in total. The summed E-state index contributed by atoms with van der Waals surface area (Å²) in [5.74, 6) is -0.0769. The van der Waals surface area contributed by atoms with Gasteiger partial charge in [-0.1, -0.05) is 31.0 Å². The van der Waals surface area contributed by atoms with Crippen LogP contribution in [0.15, 0.2) is 11.6 Å². The maximum Gasteiger partial charge on any atom is 0.509 e. The lowest BCUT2D eigenvalue weighted by molar-refractivity contribution is -0.191. The Balaban J connectivity index is 1.67. The molecule has 184 valence electrons. The molecule has 3 saturated carbocycles. The monoisotopic (exact) mass is 482 g/mol. The van der Waals surface area contributed by atoms with Crippen molar-refractivity contribution in [2.75, 3.05) is 6.07 Å². The predicted molar refractivity (Wildman–Crippen MR) is 120 cm³/mol. The standard InChI is InChI=1S/C25H35ClO7/c1-14(2)32-22(30)33-25(21(29)31-13-26)10-8-18-16-6-5-15-11-19(27)20(28)12-23(15,3)17(16)7-9-24(18,25)4/h11,14,16-18,20,28H,5-10,12-13H2,1-4H3/t16-,17+,18+,20?,23+,24+,25+/m1/s1. The average Bonchev–Trinajstić information content (AvgIpc) is 3.02. The summed E-state index contributed by atoms with van der Waals surface area (Å²) in [4.78, 5) is 38.0. The van der Waals surface area contributed by atoms with Gasteiger partial charge in [0.15, 0.2) is 11.8 Å². The van der Waals surface area contributed by atoms with Gasteiger partial charge in [-0.3, -0.25) is 4.79 Å². The van der Waals surface area contributed by atoms with Crippen molar-refractivity contribution in [2.24, 2.45) is 28.6 Å². The van der Waals surface area contributed by atoms with Crippen LogP contribution in [0.2, 0.25) is 0 Å². The van der Waals surface area contributed by atoms with Crippen molar-refractivity contribution < 1.29 is 33.7 Å². The number of esters is 1. The molecule has 1 unspecified atom stereocenters. The van der Waals surface area contributed by atoms with Gasteiger partial charge in [0.1, 0.15) is 6.10 Å². The summed E-state index contributed by atoms with van der Waals surface area (Å²) in [7, 11) is 0. The Hall–Kier alpha value is -1.60. The number of aliphatic hydroxyl groups excluding tert-OH is 1. The summed E-state index contributed by atoms with van der Waals surface area (Å²) < 4.78 is 16.3. The van der Waals surface area contributed by atoms with Gasteiger partial charge in [0.05, 0.1) is 6.10 Å². The molecule has 1 N–H and O–H groups in total. The summed E-state index contributed by atoms with van der Waals surface area (Å²) in [6, 6.07) is -0.311. The van der Waals surface area contributed by atoms with Gasteiger partial charge < -0.3 is 19.3 Å². The first-order chi connectivity index (χ1) is 15.5. The molecule has 33 heavy (non-hydrogen) atoms. The molecule has 8 heteroatoms. The second-order valence-corrected chi connectivity index (χ2v) is 11.2. The van der Waals surface area contributed by atoms with Crippen LogP contribution in [-0.4, -0.2) is 46.9 Å². The third kappa shape index (κ3) is 3.70. The van der Waals surface area contributed by atoms with E-state index in [4.69, 9.17) is 25.8 Å². The van der Waals surface area contributed by atoms with E-state index in [-0.39, 0.29) is 29.3 Å². The molecule has 0 radical (unpaired) electrons. The minimum atomic E-state index is -1.44. The van der Waals surface area contributed by atoms with Crippen molar-refractivity contribution in [3.8, 4) is 0 Å². The van der Waals surface area contributed by atoms with E-state index in [1.165, 1.54) is 0 Å². The van der Waals surface area contributed by atoms with E-state index in [1.807, 2.05) is 6.92 Å². The van der Waals surface area contributed by atoms with Crippen LogP contribution < -0.4 is 0 Å². The van der Waals surface area contributed by atoms with Gasteiger partial charge in [0.2, 0.25) is 5.60 Å². The number of hydrogen-bond acceptors (Lipinski definition) is 7. The van der Waals surface area contributed by atoms with Crippen molar-refractivity contribution in [1.29, 1.82) is 0 Å². The molecule has 0 aliphatic heterocycles. The molecule has 0 saturated heterocycles. The summed E-state index contributed by atoms with van der Waals surface area (Å²) in [5, 5.41) is 10.4. The molecule has 4 rings (SSSR count). The van der Waals surface area contributed by atoms with Crippen LogP contribution in [0.5, 0.6) is 0 Å². The highest BCUT2D eigenvalue weighted by molar-refractivity contribution is 6.17. The molecule has 0 aromatic heterocycles. The molecule has 4 aliphatic carbocycles. The smallest absolute Gasteiger partial charge is 0.446 e. The highest BCUT2D eigenvalue weighted by Gasteiger charge is 2.70. The molecule has 0 bridgehead atoms. The summed E-state index contributed by atoms with van der Waals surface area (Å²) >= 11 is 5.74. The molecular weight excluding hydrogens is 448 g/mol. The topological polar surface area (TPSA) is 99.1 Å². The number of carbonyl (C=O) groups is 3. The number of rotatable bonds is 4. The van der Waals surface area contributed by atoms with Gasteiger partial charge in [-0.05, 0) is 88.0 Å². The number of ketones is 1. The number of carbonyl (C=O) groups excluding carboxylic acids is 3. The second-order valence-electron chi connectivity index (χ2n) is 11.0. The Labute approximate surface area is 200 Å². The van der Waals surface area contributed by atoms with E-state index in [0.29, 0.717) is 31.1 Å². The lowest BCUT2D eigenvalue weighted by atomic mass is 9.46. The second kappa shape index (κ2) is 8.56. The largest absolute Gasteiger partial charge is 0.509 e. The zero-order valence-electron chi connectivity index (χ0n) is 19.9. The minimum Gasteiger partial charge on any atom is -0.446 e. The van der Waals surface area contributed by atoms with E-state index < -0.39 is 29.2 Å². The normalized spacial score (nSPS) is 42.0. The maximum absolute atomic E-state index is 13.3. The molecule has 3 fully saturated rings. The lowest BCUT2D eigenvalue weighted by Gasteiger charge is -2.59. The third-order valence-electron chi connectivity index (χ3n) is 9.22. The highest BCUT2D eigenvalue weighted by Crippen LogP contribution is 2.68. The number of hydrogen-bond donors (Lipinski definition) is 1. The fraction of sp³-hybridized carbons (Fsp3) is 0.800. The van der Waals surface area contributed by atoms with Crippen LogP contribution in [0.1, 0.15) is 72.6 Å². The number of allylic oxidation sites excluding steroid dienone is 1. The Bertz CT molecular complexity index is 869. The number of alkyl halides is 1. The molecule has 0 spiro atoms. The summed E-state index contributed by atoms with van der Waals surface area (Å²) in [6.45, 7) is 7.67. The van der Waals surface area contributed by atoms with Crippen molar-refractivity contribution in [2.45, 2.75) is 90.4 Å². The number of fused-ring (bicyclic) bond motifs is 5. The zero-order valence-corrected chi connectivity index (χ0v) is 20.7. The van der Waals surface area contributed by atoms with Crippen LogP contribution in [0.4, 0.5) is 4.79 Å². The van der Waals surface area contributed by atoms with Gasteiger partial charge in [-0.25, -0.2) is 9.59 Å². The fourth-order valence-corrected chi connectivity index (χ4v) is 7.78. The summed E-state index contributed by atoms with van der Waals surface area (Å²) in [5.41, 5.74) is -1.15. The van der Waals surface area contributed by atoms with Crippen molar-refractivity contribution in [3.05, 3.63) is 11.6 Å². The molecule has 0 aromatic rings. The number of ether oxygens (including phenoxy) is 3. The molecule has 7 atom stereocenters. The first kappa shape index (κ1) is 24.5. The van der Waals surface area contributed by atoms with Crippen molar-refractivity contribution in [1.82, 2.24) is 0 Å². The highest BCUT2D eigenvalue weighted by atomic mass is 35.5. The van der Waals surface area contributed by atoms with E-state index in [2.05, 4.69) is 6.92 Å². The van der Waals surface area contributed by atoms with Crippen molar-refractivity contribution >= 4 is 29.5 Å². The number of aliphatic hydroxyl groups is 1. The molecule has 0 aromatic carbocycles. The first-order valence-electron chi connectivity index (χ1n) is 12.0. The minimum absolute atomic E-state index is 0.138. The average molecular weight is 483 g/mol. The predicted octanol–water partition coefficient (Wildman–Crippen LogP) is 4.53. The Morgan fingerprint density at radius 3 is 2.55 bits per heavy atom. The van der Waals surface area contributed by atoms with Crippen molar-refractivity contribution in [3.63, 3.8) is 0 Å². The third-order valence-corrected chi connectivity index (χ3v) is 9.33. The molecular formula is C25H35ClO7. The molecule has 4 aliphatic rings. The Morgan fingerprint density at radius 2 is 1.88 bits per heavy atom. The van der Waals surface area contributed by atoms with Crippen LogP contribution in [0.3, 0.4) is 0 Å². The Kier molecular flexibility index (Phi) is 6.36. The summed E-state index contributed by atoms with van der Waals surface area (Å²) in [6.07, 6.45) is 4.19. The Morgan fingerprint density at radius 1 is 1.18 bits per heavy atom. The van der Waals surface area contributed by atoms with Gasteiger partial charge in [-0.2, -0.15) is 0 Å². The SMILES string of the molecule is CC(C)OC(=O)O[C@]1(C(=O)OCCl)CC[C@H]2[C@@H]3CCC4=CC(=O)C(O)C[C@]4(C)[C@H]3CC[C@@]21C. The van der Waals surface area contributed by atoms with E-state index in [1.54, 1.807) is 19.9 Å². The number of halogens is 1. The van der Waals surface area contributed by atoms with Gasteiger partial charge in [-0.15, -0.1) is 0 Å². The quantitative estimate of drug-likeness (QED) is 0.464. The fourth-order valence-electron chi connectivity index (χ4n) is 7.68. The molecule has 0 amide bonds. The van der Waals surface area contributed by atoms with Gasteiger partial charge >= 0.3 is 12.1 Å². The van der Waals surface area contributed by atoms with Crippen LogP contribution in [0, 0.1) is 28.6 Å². The van der Waals surface area contributed by atoms with Crippen LogP contribution in [0.25, 0.3) is 0 Å². The van der Waals surface area contributed by atoms with E-state index in [9.17, 15) is 19.5 Å². The van der Waals surface area contributed by atoms with E-state index >= 15 is 0 Å². The zero-order chi connectivity index (χ0) is 24.2. The first-order valence-corrected chi connectivity index (χ1v) is 12.6. The maximum atomic E-state index is 13.3. The van der Waals surface area contributed by atoms with Gasteiger partial charge in [0.25, 0.3) is 0 Å². The molecule has 0 heterocycles. The van der Waals surface area contributed by atoms with Crippen LogP contribution in [-0.2, 0) is 23.8 Å². The van der Waals surface area contributed by atoms with E-state index in [0.717, 1.165) is 31.3 Å².